The van der Waals surface area contributed by atoms with Crippen molar-refractivity contribution in [2.45, 2.75) is 32.1 Å². The van der Waals surface area contributed by atoms with E-state index in [0.29, 0.717) is 17.9 Å². The molecular formula is C22H25NO5S. The van der Waals surface area contributed by atoms with E-state index >= 15 is 0 Å². The van der Waals surface area contributed by atoms with E-state index in [1.807, 2.05) is 39.0 Å². The number of carbonyl (C=O) groups is 3. The summed E-state index contributed by atoms with van der Waals surface area (Å²) < 4.78 is 10.1. The van der Waals surface area contributed by atoms with Crippen LogP contribution in [-0.2, 0) is 19.1 Å². The van der Waals surface area contributed by atoms with Gasteiger partial charge in [0.05, 0.1) is 17.9 Å². The summed E-state index contributed by atoms with van der Waals surface area (Å²) in [5, 5.41) is 2.62. The van der Waals surface area contributed by atoms with Crippen LogP contribution in [0.3, 0.4) is 0 Å². The Balaban J connectivity index is 1.73. The molecule has 0 fully saturated rings. The standard InChI is InChI=1S/C22H25NO5S/c1-4-11-27-22(26)17-6-8-18(9-7-17)23-20(24)13-28-21(25)14-29-19-10-5-15(2)16(3)12-19/h5-10,12H,4,11,13-14H2,1-3H3,(H,23,24). The topological polar surface area (TPSA) is 81.7 Å². The van der Waals surface area contributed by atoms with Gasteiger partial charge in [-0.3, -0.25) is 9.59 Å². The van der Waals surface area contributed by atoms with E-state index in [1.54, 1.807) is 24.3 Å². The first-order valence-electron chi connectivity index (χ1n) is 9.31. The summed E-state index contributed by atoms with van der Waals surface area (Å²) in [6.07, 6.45) is 0.752. The van der Waals surface area contributed by atoms with Gasteiger partial charge in [0.15, 0.2) is 6.61 Å². The highest BCUT2D eigenvalue weighted by Crippen LogP contribution is 2.21. The van der Waals surface area contributed by atoms with Gasteiger partial charge in [0.1, 0.15) is 0 Å². The molecule has 0 bridgehead atoms. The van der Waals surface area contributed by atoms with Crippen LogP contribution in [-0.4, -0.2) is 36.8 Å². The van der Waals surface area contributed by atoms with Crippen LogP contribution in [0.2, 0.25) is 0 Å². The summed E-state index contributed by atoms with van der Waals surface area (Å²) in [6.45, 7) is 5.96. The first-order valence-corrected chi connectivity index (χ1v) is 10.3. The number of aryl methyl sites for hydroxylation is 2. The van der Waals surface area contributed by atoms with E-state index in [-0.39, 0.29) is 12.4 Å². The Hall–Kier alpha value is -2.80. The SMILES string of the molecule is CCCOC(=O)c1ccc(NC(=O)COC(=O)CSc2ccc(C)c(C)c2)cc1. The zero-order chi connectivity index (χ0) is 21.2. The first-order chi connectivity index (χ1) is 13.9. The van der Waals surface area contributed by atoms with Crippen LogP contribution < -0.4 is 5.32 Å². The average molecular weight is 416 g/mol. The smallest absolute Gasteiger partial charge is 0.338 e. The minimum atomic E-state index is -0.461. The largest absolute Gasteiger partial charge is 0.462 e. The van der Waals surface area contributed by atoms with Crippen LogP contribution in [0.4, 0.5) is 5.69 Å². The van der Waals surface area contributed by atoms with Crippen molar-refractivity contribution in [3.63, 3.8) is 0 Å². The maximum absolute atomic E-state index is 11.9. The molecule has 0 unspecified atom stereocenters. The Labute approximate surface area is 175 Å². The normalized spacial score (nSPS) is 10.3. The van der Waals surface area contributed by atoms with Crippen molar-refractivity contribution in [1.82, 2.24) is 0 Å². The fourth-order valence-electron chi connectivity index (χ4n) is 2.30. The van der Waals surface area contributed by atoms with Gasteiger partial charge in [0.25, 0.3) is 5.91 Å². The van der Waals surface area contributed by atoms with Gasteiger partial charge in [-0.05, 0) is 67.8 Å². The molecule has 6 nitrogen and oxygen atoms in total. The molecule has 0 aromatic heterocycles. The predicted octanol–water partition coefficient (Wildman–Crippen LogP) is 4.14. The molecule has 0 saturated heterocycles. The zero-order valence-corrected chi connectivity index (χ0v) is 17.6. The summed E-state index contributed by atoms with van der Waals surface area (Å²) in [5.74, 6) is -1.18. The second-order valence-electron chi connectivity index (χ2n) is 6.46. The maximum Gasteiger partial charge on any atom is 0.338 e. The second-order valence-corrected chi connectivity index (χ2v) is 7.51. The molecule has 0 atom stereocenters. The molecule has 29 heavy (non-hydrogen) atoms. The highest BCUT2D eigenvalue weighted by Gasteiger charge is 2.10. The number of benzene rings is 2. The van der Waals surface area contributed by atoms with Crippen molar-refractivity contribution in [1.29, 1.82) is 0 Å². The maximum atomic E-state index is 11.9. The molecule has 1 amide bonds. The van der Waals surface area contributed by atoms with E-state index < -0.39 is 17.8 Å². The third kappa shape index (κ3) is 7.62. The van der Waals surface area contributed by atoms with Gasteiger partial charge in [-0.25, -0.2) is 4.79 Å². The predicted molar refractivity (Wildman–Crippen MR) is 113 cm³/mol. The summed E-state index contributed by atoms with van der Waals surface area (Å²) in [5.41, 5.74) is 3.26. The molecule has 0 aliphatic rings. The average Bonchev–Trinajstić information content (AvgIpc) is 2.72. The molecule has 0 spiro atoms. The van der Waals surface area contributed by atoms with Gasteiger partial charge in [-0.15, -0.1) is 11.8 Å². The van der Waals surface area contributed by atoms with Gasteiger partial charge in [0.2, 0.25) is 0 Å². The Kier molecular flexibility index (Phi) is 8.73. The number of ether oxygens (including phenoxy) is 2. The fraction of sp³-hybridized carbons (Fsp3) is 0.318. The molecular weight excluding hydrogens is 390 g/mol. The van der Waals surface area contributed by atoms with Crippen molar-refractivity contribution in [3.8, 4) is 0 Å². The minimum Gasteiger partial charge on any atom is -0.462 e. The van der Waals surface area contributed by atoms with Crippen LogP contribution in [0, 0.1) is 13.8 Å². The molecule has 7 heteroatoms. The molecule has 0 aliphatic carbocycles. The van der Waals surface area contributed by atoms with Crippen LogP contribution in [0.25, 0.3) is 0 Å². The van der Waals surface area contributed by atoms with Crippen LogP contribution in [0.5, 0.6) is 0 Å². The Morgan fingerprint density at radius 3 is 2.34 bits per heavy atom. The van der Waals surface area contributed by atoms with Crippen LogP contribution >= 0.6 is 11.8 Å². The fourth-order valence-corrected chi connectivity index (χ4v) is 3.09. The van der Waals surface area contributed by atoms with E-state index in [0.717, 1.165) is 16.9 Å². The van der Waals surface area contributed by atoms with Gasteiger partial charge in [-0.2, -0.15) is 0 Å². The molecule has 0 aliphatic heterocycles. The van der Waals surface area contributed by atoms with E-state index in [4.69, 9.17) is 9.47 Å². The Morgan fingerprint density at radius 1 is 0.966 bits per heavy atom. The number of thioether (sulfide) groups is 1. The monoisotopic (exact) mass is 415 g/mol. The summed E-state index contributed by atoms with van der Waals surface area (Å²) >= 11 is 1.37. The Morgan fingerprint density at radius 2 is 1.69 bits per heavy atom. The lowest BCUT2D eigenvalue weighted by Gasteiger charge is -2.08. The first kappa shape index (κ1) is 22.5. The number of nitrogens with one attached hydrogen (secondary N) is 1. The second kappa shape index (κ2) is 11.3. The number of rotatable bonds is 9. The van der Waals surface area contributed by atoms with Crippen molar-refractivity contribution >= 4 is 35.3 Å². The molecule has 0 radical (unpaired) electrons. The third-order valence-electron chi connectivity index (χ3n) is 4.04. The van der Waals surface area contributed by atoms with Crippen LogP contribution in [0.1, 0.15) is 34.8 Å². The number of hydrogen-bond donors (Lipinski definition) is 1. The highest BCUT2D eigenvalue weighted by molar-refractivity contribution is 8.00. The quantitative estimate of drug-likeness (QED) is 0.490. The number of hydrogen-bond acceptors (Lipinski definition) is 6. The van der Waals surface area contributed by atoms with Crippen molar-refractivity contribution in [3.05, 3.63) is 59.2 Å². The number of amides is 1. The van der Waals surface area contributed by atoms with Gasteiger partial charge >= 0.3 is 11.9 Å². The van der Waals surface area contributed by atoms with E-state index in [9.17, 15) is 14.4 Å². The lowest BCUT2D eigenvalue weighted by molar-refractivity contribution is -0.144. The number of anilines is 1. The summed E-state index contributed by atoms with van der Waals surface area (Å²) in [6, 6.07) is 12.3. The molecule has 154 valence electrons. The number of carbonyl (C=O) groups excluding carboxylic acids is 3. The molecule has 2 rings (SSSR count). The van der Waals surface area contributed by atoms with Crippen LogP contribution in [0.15, 0.2) is 47.4 Å². The molecule has 2 aromatic carbocycles. The zero-order valence-electron chi connectivity index (χ0n) is 16.8. The lowest BCUT2D eigenvalue weighted by atomic mass is 10.1. The molecule has 0 saturated carbocycles. The Bertz CT molecular complexity index is 864. The van der Waals surface area contributed by atoms with E-state index in [1.165, 1.54) is 17.3 Å². The molecule has 1 N–H and O–H groups in total. The van der Waals surface area contributed by atoms with Crippen molar-refractivity contribution in [2.75, 3.05) is 24.3 Å². The summed E-state index contributed by atoms with van der Waals surface area (Å²) in [4.78, 5) is 36.5. The summed E-state index contributed by atoms with van der Waals surface area (Å²) in [7, 11) is 0. The molecule has 0 heterocycles. The van der Waals surface area contributed by atoms with E-state index in [2.05, 4.69) is 5.32 Å². The van der Waals surface area contributed by atoms with Gasteiger partial charge in [-0.1, -0.05) is 13.0 Å². The van der Waals surface area contributed by atoms with Crippen molar-refractivity contribution < 1.29 is 23.9 Å². The molecule has 2 aromatic rings. The highest BCUT2D eigenvalue weighted by atomic mass is 32.2. The van der Waals surface area contributed by atoms with Crippen molar-refractivity contribution in [2.24, 2.45) is 0 Å². The van der Waals surface area contributed by atoms with Gasteiger partial charge < -0.3 is 14.8 Å². The lowest BCUT2D eigenvalue weighted by Crippen LogP contribution is -2.21. The third-order valence-corrected chi connectivity index (χ3v) is 5.01. The number of esters is 2. The minimum absolute atomic E-state index is 0.129. The van der Waals surface area contributed by atoms with Gasteiger partial charge in [0, 0.05) is 10.6 Å².